The Kier molecular flexibility index (Phi) is 9.13. The second-order valence-electron chi connectivity index (χ2n) is 4.21. The molecule has 0 spiro atoms. The first-order valence-corrected chi connectivity index (χ1v) is 5.96. The molecule has 1 atom stereocenters. The summed E-state index contributed by atoms with van der Waals surface area (Å²) in [4.78, 5) is 11.5. The van der Waals surface area contributed by atoms with Crippen molar-refractivity contribution in [3.8, 4) is 0 Å². The van der Waals surface area contributed by atoms with Gasteiger partial charge in [-0.1, -0.05) is 6.08 Å². The summed E-state index contributed by atoms with van der Waals surface area (Å²) in [7, 11) is 0. The minimum atomic E-state index is 0. The van der Waals surface area contributed by atoms with Crippen LogP contribution in [0.25, 0.3) is 0 Å². The highest BCUT2D eigenvalue weighted by Gasteiger charge is 2.30. The fourth-order valence-electron chi connectivity index (χ4n) is 1.65. The van der Waals surface area contributed by atoms with Crippen LogP contribution in [0.2, 0.25) is 0 Å². The van der Waals surface area contributed by atoms with Gasteiger partial charge in [0.2, 0.25) is 5.91 Å². The minimum Gasteiger partial charge on any atom is -0.377 e. The van der Waals surface area contributed by atoms with Gasteiger partial charge in [-0.05, 0) is 25.2 Å². The van der Waals surface area contributed by atoms with Crippen LogP contribution in [-0.2, 0) is 9.53 Å². The maximum Gasteiger partial charge on any atom is 0.220 e. The molecule has 3 N–H and O–H groups in total. The summed E-state index contributed by atoms with van der Waals surface area (Å²) in [5.41, 5.74) is 5.61. The monoisotopic (exact) mass is 262 g/mol. The molecule has 17 heavy (non-hydrogen) atoms. The van der Waals surface area contributed by atoms with Crippen molar-refractivity contribution in [2.24, 2.45) is 11.7 Å². The molecular weight excluding hydrogens is 240 g/mol. The molecule has 1 aliphatic carbocycles. The van der Waals surface area contributed by atoms with Gasteiger partial charge in [-0.2, -0.15) is 0 Å². The molecule has 1 rings (SSSR count). The van der Waals surface area contributed by atoms with Gasteiger partial charge in [0.1, 0.15) is 0 Å². The molecule has 0 aliphatic heterocycles. The molecule has 100 valence electrons. The quantitative estimate of drug-likeness (QED) is 0.486. The second-order valence-corrected chi connectivity index (χ2v) is 4.21. The molecule has 1 saturated carbocycles. The van der Waals surface area contributed by atoms with Gasteiger partial charge in [0.15, 0.2) is 0 Å². The van der Waals surface area contributed by atoms with Crippen LogP contribution in [0.4, 0.5) is 0 Å². The van der Waals surface area contributed by atoms with Gasteiger partial charge in [-0.15, -0.1) is 19.0 Å². The van der Waals surface area contributed by atoms with Gasteiger partial charge in [0.25, 0.3) is 0 Å². The number of amides is 1. The molecule has 0 heterocycles. The van der Waals surface area contributed by atoms with E-state index in [-0.39, 0.29) is 24.4 Å². The summed E-state index contributed by atoms with van der Waals surface area (Å²) in [5, 5.41) is 2.98. The third-order valence-electron chi connectivity index (χ3n) is 2.72. The molecule has 0 bridgehead atoms. The lowest BCUT2D eigenvalue weighted by atomic mass is 10.2. The van der Waals surface area contributed by atoms with Crippen LogP contribution < -0.4 is 11.1 Å². The lowest BCUT2D eigenvalue weighted by molar-refractivity contribution is -0.122. The molecule has 1 unspecified atom stereocenters. The van der Waals surface area contributed by atoms with Crippen molar-refractivity contribution in [2.75, 3.05) is 19.8 Å². The number of carbonyl (C=O) groups is 1. The highest BCUT2D eigenvalue weighted by Crippen LogP contribution is 2.32. The van der Waals surface area contributed by atoms with Gasteiger partial charge in [-0.25, -0.2) is 0 Å². The Hall–Kier alpha value is -0.580. The highest BCUT2D eigenvalue weighted by atomic mass is 35.5. The van der Waals surface area contributed by atoms with Crippen LogP contribution in [0.3, 0.4) is 0 Å². The van der Waals surface area contributed by atoms with Gasteiger partial charge < -0.3 is 15.8 Å². The number of hydrogen-bond acceptors (Lipinski definition) is 3. The Morgan fingerprint density at radius 1 is 1.59 bits per heavy atom. The predicted molar refractivity (Wildman–Crippen MR) is 71.2 cm³/mol. The maximum atomic E-state index is 11.5. The summed E-state index contributed by atoms with van der Waals surface area (Å²) in [5.74, 6) is 0.704. The molecule has 5 heteroatoms. The zero-order valence-electron chi connectivity index (χ0n) is 10.2. The zero-order chi connectivity index (χ0) is 11.8. The largest absolute Gasteiger partial charge is 0.377 e. The van der Waals surface area contributed by atoms with E-state index in [1.54, 1.807) is 6.08 Å². The third-order valence-corrected chi connectivity index (χ3v) is 2.72. The first-order valence-electron chi connectivity index (χ1n) is 5.96. The fourth-order valence-corrected chi connectivity index (χ4v) is 1.65. The van der Waals surface area contributed by atoms with E-state index in [1.807, 2.05) is 0 Å². The Balaban J connectivity index is 0.00000256. The normalized spacial score (nSPS) is 15.8. The molecule has 0 saturated heterocycles. The molecule has 1 fully saturated rings. The number of rotatable bonds is 9. The fraction of sp³-hybridized carbons (Fsp3) is 0.750. The number of nitrogens with one attached hydrogen (secondary N) is 1. The number of nitrogens with two attached hydrogens (primary N) is 1. The van der Waals surface area contributed by atoms with E-state index in [1.165, 1.54) is 12.8 Å². The Labute approximate surface area is 109 Å². The first kappa shape index (κ1) is 16.4. The molecule has 1 aliphatic rings. The van der Waals surface area contributed by atoms with E-state index in [9.17, 15) is 4.79 Å². The molecule has 4 nitrogen and oxygen atoms in total. The molecular formula is C12H23ClN2O2. The Morgan fingerprint density at radius 2 is 2.29 bits per heavy atom. The van der Waals surface area contributed by atoms with E-state index >= 15 is 0 Å². The van der Waals surface area contributed by atoms with Crippen molar-refractivity contribution >= 4 is 18.3 Å². The van der Waals surface area contributed by atoms with Gasteiger partial charge in [-0.3, -0.25) is 4.79 Å². The maximum absolute atomic E-state index is 11.5. The Bertz CT molecular complexity index is 233. The topological polar surface area (TPSA) is 64.3 Å². The van der Waals surface area contributed by atoms with Gasteiger partial charge in [0.05, 0.1) is 6.61 Å². The van der Waals surface area contributed by atoms with Crippen molar-refractivity contribution < 1.29 is 9.53 Å². The van der Waals surface area contributed by atoms with Crippen LogP contribution in [0.5, 0.6) is 0 Å². The van der Waals surface area contributed by atoms with Crippen molar-refractivity contribution in [2.45, 2.75) is 31.7 Å². The number of hydrogen-bond donors (Lipinski definition) is 2. The lowest BCUT2D eigenvalue weighted by Gasteiger charge is -2.15. The summed E-state index contributed by atoms with van der Waals surface area (Å²) >= 11 is 0. The molecule has 0 aromatic rings. The smallest absolute Gasteiger partial charge is 0.220 e. The lowest BCUT2D eigenvalue weighted by Crippen LogP contribution is -2.41. The van der Waals surface area contributed by atoms with Gasteiger partial charge >= 0.3 is 0 Å². The van der Waals surface area contributed by atoms with Crippen LogP contribution in [0.1, 0.15) is 25.7 Å². The molecule has 0 radical (unpaired) electrons. The van der Waals surface area contributed by atoms with E-state index < -0.39 is 0 Å². The van der Waals surface area contributed by atoms with Crippen molar-refractivity contribution in [1.29, 1.82) is 0 Å². The molecule has 0 aromatic heterocycles. The van der Waals surface area contributed by atoms with E-state index in [0.717, 1.165) is 6.42 Å². The minimum absolute atomic E-state index is 0. The number of carbonyl (C=O) groups excluding carboxylic acids is 1. The second kappa shape index (κ2) is 9.45. The summed E-state index contributed by atoms with van der Waals surface area (Å²) in [6.45, 7) is 5.26. The number of halogens is 1. The van der Waals surface area contributed by atoms with Crippen molar-refractivity contribution in [3.05, 3.63) is 12.7 Å². The standard InChI is InChI=1S/C12H22N2O2.ClH/c1-2-7-16-8-3-4-12(15)14-11(9-13)10-5-6-10;/h2,10-11H,1,3-9,13H2,(H,14,15);1H. The van der Waals surface area contributed by atoms with Crippen LogP contribution in [0, 0.1) is 5.92 Å². The SMILES string of the molecule is C=CCOCCCC(=O)NC(CN)C1CC1.Cl. The highest BCUT2D eigenvalue weighted by molar-refractivity contribution is 5.85. The van der Waals surface area contributed by atoms with Crippen LogP contribution in [-0.4, -0.2) is 31.7 Å². The summed E-state index contributed by atoms with van der Waals surface area (Å²) in [6.07, 6.45) is 5.37. The van der Waals surface area contributed by atoms with Crippen LogP contribution in [0.15, 0.2) is 12.7 Å². The molecule has 0 aromatic carbocycles. The van der Waals surface area contributed by atoms with Crippen molar-refractivity contribution in [1.82, 2.24) is 5.32 Å². The van der Waals surface area contributed by atoms with Crippen LogP contribution >= 0.6 is 12.4 Å². The summed E-state index contributed by atoms with van der Waals surface area (Å²) in [6, 6.07) is 0.182. The summed E-state index contributed by atoms with van der Waals surface area (Å²) < 4.78 is 5.20. The van der Waals surface area contributed by atoms with Gasteiger partial charge in [0, 0.05) is 25.6 Å². The van der Waals surface area contributed by atoms with Crippen molar-refractivity contribution in [3.63, 3.8) is 0 Å². The predicted octanol–water partition coefficient (Wildman–Crippen LogP) is 1.24. The van der Waals surface area contributed by atoms with E-state index in [2.05, 4.69) is 11.9 Å². The third kappa shape index (κ3) is 7.36. The molecule has 1 amide bonds. The van der Waals surface area contributed by atoms with E-state index in [4.69, 9.17) is 10.5 Å². The van der Waals surface area contributed by atoms with E-state index in [0.29, 0.717) is 32.1 Å². The zero-order valence-corrected chi connectivity index (χ0v) is 11.0. The average Bonchev–Trinajstić information content (AvgIpc) is 3.09. The first-order chi connectivity index (χ1) is 7.77. The number of ether oxygens (including phenoxy) is 1. The average molecular weight is 263 g/mol. The Morgan fingerprint density at radius 3 is 2.82 bits per heavy atom.